The third-order valence-corrected chi connectivity index (χ3v) is 3.95. The minimum absolute atomic E-state index is 0.0235. The van der Waals surface area contributed by atoms with Gasteiger partial charge in [0.1, 0.15) is 5.82 Å². The van der Waals surface area contributed by atoms with Crippen LogP contribution in [0, 0.1) is 5.82 Å². The van der Waals surface area contributed by atoms with Crippen molar-refractivity contribution in [2.75, 3.05) is 25.6 Å². The van der Waals surface area contributed by atoms with Crippen molar-refractivity contribution in [2.45, 2.75) is 6.92 Å². The maximum atomic E-state index is 13.6. The number of para-hydroxylation sites is 1. The molecule has 0 saturated carbocycles. The molecule has 0 saturated heterocycles. The molecule has 0 radical (unpaired) electrons. The molecule has 2 aromatic rings. The van der Waals surface area contributed by atoms with E-state index in [-0.39, 0.29) is 22.2 Å². The van der Waals surface area contributed by atoms with Crippen molar-refractivity contribution in [1.82, 2.24) is 10.7 Å². The molecule has 0 aliphatic rings. The van der Waals surface area contributed by atoms with Crippen LogP contribution in [-0.2, 0) is 14.4 Å². The van der Waals surface area contributed by atoms with Gasteiger partial charge in [0.25, 0.3) is 5.91 Å². The third-order valence-electron chi connectivity index (χ3n) is 3.67. The summed E-state index contributed by atoms with van der Waals surface area (Å²) < 4.78 is 24.3. The highest BCUT2D eigenvalue weighted by Crippen LogP contribution is 2.36. The number of nitrogens with one attached hydrogen (secondary N) is 3. The van der Waals surface area contributed by atoms with Crippen LogP contribution >= 0.6 is 11.6 Å². The normalized spacial score (nSPS) is 10.5. The maximum Gasteiger partial charge on any atom is 0.329 e. The minimum atomic E-state index is -0.919. The summed E-state index contributed by atoms with van der Waals surface area (Å²) >= 11 is 6.21. The predicted octanol–water partition coefficient (Wildman–Crippen LogP) is 2.09. The van der Waals surface area contributed by atoms with E-state index in [1.807, 2.05) is 0 Å². The summed E-state index contributed by atoms with van der Waals surface area (Å²) in [4.78, 5) is 34.9. The molecule has 2 rings (SSSR count). The number of carbonyl (C=O) groups excluding carboxylic acids is 3. The molecular formula is C20H20ClFN4O5. The largest absolute Gasteiger partial charge is 0.493 e. The molecule has 0 fully saturated rings. The number of likely N-dealkylation sites (N-methyl/N-ethyl adjacent to an activating group) is 1. The van der Waals surface area contributed by atoms with Crippen molar-refractivity contribution in [3.8, 4) is 11.5 Å². The highest BCUT2D eigenvalue weighted by Gasteiger charge is 2.15. The molecule has 0 aliphatic heterocycles. The highest BCUT2D eigenvalue weighted by molar-refractivity contribution is 6.35. The number of benzene rings is 2. The minimum Gasteiger partial charge on any atom is -0.493 e. The van der Waals surface area contributed by atoms with Gasteiger partial charge < -0.3 is 20.1 Å². The standard InChI is InChI=1S/C20H20ClFN4O5/c1-3-23-19(28)20(29)26-24-10-12-8-13(21)18(16(9-12)30-2)31-11-17(27)25-15-7-5-4-6-14(15)22/h4-10H,3,11H2,1-2H3,(H,23,28)(H,25,27)(H,26,29)/b24-10-. The topological polar surface area (TPSA) is 118 Å². The molecule has 0 aromatic heterocycles. The summed E-state index contributed by atoms with van der Waals surface area (Å²) in [5.41, 5.74) is 2.53. The van der Waals surface area contributed by atoms with Crippen LogP contribution in [0.1, 0.15) is 12.5 Å². The van der Waals surface area contributed by atoms with E-state index in [0.29, 0.717) is 12.1 Å². The van der Waals surface area contributed by atoms with E-state index in [0.717, 1.165) is 0 Å². The Kier molecular flexibility index (Phi) is 8.77. The summed E-state index contributed by atoms with van der Waals surface area (Å²) in [6.07, 6.45) is 1.25. The number of rotatable bonds is 8. The number of halogens is 2. The molecule has 164 valence electrons. The lowest BCUT2D eigenvalue weighted by molar-refractivity contribution is -0.139. The fraction of sp³-hybridized carbons (Fsp3) is 0.200. The van der Waals surface area contributed by atoms with Crippen molar-refractivity contribution in [3.63, 3.8) is 0 Å². The zero-order valence-electron chi connectivity index (χ0n) is 16.7. The zero-order chi connectivity index (χ0) is 22.8. The first-order chi connectivity index (χ1) is 14.8. The fourth-order valence-electron chi connectivity index (χ4n) is 2.30. The quantitative estimate of drug-likeness (QED) is 0.323. The Morgan fingerprint density at radius 1 is 1.19 bits per heavy atom. The van der Waals surface area contributed by atoms with Crippen LogP contribution in [0.25, 0.3) is 0 Å². The maximum absolute atomic E-state index is 13.6. The number of hydrogen-bond acceptors (Lipinski definition) is 6. The summed E-state index contributed by atoms with van der Waals surface area (Å²) in [5, 5.41) is 8.51. The van der Waals surface area contributed by atoms with E-state index in [9.17, 15) is 18.8 Å². The lowest BCUT2D eigenvalue weighted by Gasteiger charge is -2.13. The van der Waals surface area contributed by atoms with E-state index in [1.165, 1.54) is 43.7 Å². The Morgan fingerprint density at radius 2 is 1.94 bits per heavy atom. The number of methoxy groups -OCH3 is 1. The number of nitrogens with zero attached hydrogens (tertiary/aromatic N) is 1. The van der Waals surface area contributed by atoms with Crippen molar-refractivity contribution < 1.29 is 28.2 Å². The molecule has 3 amide bonds. The Morgan fingerprint density at radius 3 is 2.61 bits per heavy atom. The van der Waals surface area contributed by atoms with E-state index in [2.05, 4.69) is 21.2 Å². The van der Waals surface area contributed by atoms with E-state index in [1.54, 1.807) is 13.0 Å². The highest BCUT2D eigenvalue weighted by atomic mass is 35.5. The summed E-state index contributed by atoms with van der Waals surface area (Å²) in [7, 11) is 1.37. The zero-order valence-corrected chi connectivity index (χ0v) is 17.5. The first kappa shape index (κ1) is 23.6. The van der Waals surface area contributed by atoms with Gasteiger partial charge in [-0.25, -0.2) is 9.82 Å². The first-order valence-corrected chi connectivity index (χ1v) is 9.39. The van der Waals surface area contributed by atoms with Gasteiger partial charge in [-0.15, -0.1) is 0 Å². The number of anilines is 1. The average molecular weight is 451 g/mol. The van der Waals surface area contributed by atoms with Gasteiger partial charge in [0, 0.05) is 6.54 Å². The second-order valence-electron chi connectivity index (χ2n) is 5.91. The molecule has 0 aliphatic carbocycles. The van der Waals surface area contributed by atoms with Gasteiger partial charge in [-0.05, 0) is 36.8 Å². The van der Waals surface area contributed by atoms with Crippen molar-refractivity contribution >= 4 is 41.2 Å². The summed E-state index contributed by atoms with van der Waals surface area (Å²) in [5.74, 6) is -2.61. The fourth-order valence-corrected chi connectivity index (χ4v) is 2.57. The molecule has 0 bridgehead atoms. The lowest BCUT2D eigenvalue weighted by Crippen LogP contribution is -2.37. The van der Waals surface area contributed by atoms with E-state index >= 15 is 0 Å². The molecule has 3 N–H and O–H groups in total. The van der Waals surface area contributed by atoms with Crippen molar-refractivity contribution in [3.05, 3.63) is 52.8 Å². The average Bonchev–Trinajstić information content (AvgIpc) is 2.74. The van der Waals surface area contributed by atoms with Gasteiger partial charge in [0.2, 0.25) is 0 Å². The number of amides is 3. The summed E-state index contributed by atoms with van der Waals surface area (Å²) in [6, 6.07) is 8.67. The van der Waals surface area contributed by atoms with Crippen molar-refractivity contribution in [1.29, 1.82) is 0 Å². The van der Waals surface area contributed by atoms with Crippen LogP contribution < -0.4 is 25.5 Å². The molecule has 11 heteroatoms. The van der Waals surface area contributed by atoms with Crippen LogP contribution in [0.5, 0.6) is 11.5 Å². The molecule has 0 unspecified atom stereocenters. The van der Waals surface area contributed by atoms with E-state index < -0.39 is 30.1 Å². The lowest BCUT2D eigenvalue weighted by atomic mass is 10.2. The number of ether oxygens (including phenoxy) is 2. The first-order valence-electron chi connectivity index (χ1n) is 9.01. The second kappa shape index (κ2) is 11.5. The number of carbonyl (C=O) groups is 3. The van der Waals surface area contributed by atoms with Gasteiger partial charge in [0.05, 0.1) is 24.0 Å². The monoisotopic (exact) mass is 450 g/mol. The molecule has 31 heavy (non-hydrogen) atoms. The molecule has 9 nitrogen and oxygen atoms in total. The molecule has 0 atom stereocenters. The molecule has 0 spiro atoms. The van der Waals surface area contributed by atoms with Gasteiger partial charge >= 0.3 is 11.8 Å². The van der Waals surface area contributed by atoms with Gasteiger partial charge in [0.15, 0.2) is 18.1 Å². The Labute approximate surface area is 182 Å². The Hall–Kier alpha value is -3.66. The van der Waals surface area contributed by atoms with Crippen LogP contribution in [-0.4, -0.2) is 44.2 Å². The van der Waals surface area contributed by atoms with Crippen LogP contribution in [0.4, 0.5) is 10.1 Å². The van der Waals surface area contributed by atoms with Crippen LogP contribution in [0.15, 0.2) is 41.5 Å². The van der Waals surface area contributed by atoms with Crippen molar-refractivity contribution in [2.24, 2.45) is 5.10 Å². The van der Waals surface area contributed by atoms with Gasteiger partial charge in [-0.1, -0.05) is 23.7 Å². The SMILES string of the molecule is CCNC(=O)C(=O)N/N=C\c1cc(Cl)c(OCC(=O)Nc2ccccc2F)c(OC)c1. The second-order valence-corrected chi connectivity index (χ2v) is 6.32. The molecule has 0 heterocycles. The number of hydrogen-bond donors (Lipinski definition) is 3. The number of hydrazone groups is 1. The van der Waals surface area contributed by atoms with Gasteiger partial charge in [-0.2, -0.15) is 5.10 Å². The smallest absolute Gasteiger partial charge is 0.329 e. The Bertz CT molecular complexity index is 1000. The molecule has 2 aromatic carbocycles. The Balaban J connectivity index is 2.02. The van der Waals surface area contributed by atoms with Crippen LogP contribution in [0.3, 0.4) is 0 Å². The van der Waals surface area contributed by atoms with Gasteiger partial charge in [-0.3, -0.25) is 14.4 Å². The molecular weight excluding hydrogens is 431 g/mol. The van der Waals surface area contributed by atoms with E-state index in [4.69, 9.17) is 21.1 Å². The third kappa shape index (κ3) is 6.96. The summed E-state index contributed by atoms with van der Waals surface area (Å²) in [6.45, 7) is 1.54. The van der Waals surface area contributed by atoms with Crippen LogP contribution in [0.2, 0.25) is 5.02 Å². The predicted molar refractivity (Wildman–Crippen MR) is 113 cm³/mol.